The second-order valence-corrected chi connectivity index (χ2v) is 4.63. The van der Waals surface area contributed by atoms with E-state index >= 15 is 0 Å². The summed E-state index contributed by atoms with van der Waals surface area (Å²) >= 11 is 0. The molecule has 5 heteroatoms. The van der Waals surface area contributed by atoms with Crippen molar-refractivity contribution in [2.75, 3.05) is 31.2 Å². The normalized spacial score (nSPS) is 15.9. The molecule has 0 bridgehead atoms. The van der Waals surface area contributed by atoms with Crippen LogP contribution in [0.1, 0.15) is 5.56 Å². The second kappa shape index (κ2) is 4.59. The number of aryl methyl sites for hydroxylation is 1. The van der Waals surface area contributed by atoms with E-state index in [9.17, 15) is 9.90 Å². The van der Waals surface area contributed by atoms with Crippen molar-refractivity contribution < 1.29 is 14.3 Å². The summed E-state index contributed by atoms with van der Waals surface area (Å²) in [6.07, 6.45) is 0. The Hall–Kier alpha value is -2.01. The number of benzene rings is 1. The lowest BCUT2D eigenvalue weighted by atomic mass is 10.1. The molecule has 0 unspecified atom stereocenters. The molecule has 1 saturated heterocycles. The second-order valence-electron chi connectivity index (χ2n) is 4.63. The minimum Gasteiger partial charge on any atom is -0.508 e. The Balaban J connectivity index is 2.17. The third-order valence-corrected chi connectivity index (χ3v) is 3.43. The van der Waals surface area contributed by atoms with Crippen LogP contribution in [0.5, 0.6) is 5.75 Å². The van der Waals surface area contributed by atoms with Crippen LogP contribution in [0.15, 0.2) is 27.4 Å². The molecule has 19 heavy (non-hydrogen) atoms. The van der Waals surface area contributed by atoms with Gasteiger partial charge in [-0.2, -0.15) is 0 Å². The summed E-state index contributed by atoms with van der Waals surface area (Å²) in [6, 6.07) is 4.61. The van der Waals surface area contributed by atoms with E-state index in [2.05, 4.69) is 0 Å². The van der Waals surface area contributed by atoms with Gasteiger partial charge in [0.25, 0.3) is 0 Å². The zero-order chi connectivity index (χ0) is 13.4. The Morgan fingerprint density at radius 1 is 1.26 bits per heavy atom. The van der Waals surface area contributed by atoms with Gasteiger partial charge in [0.1, 0.15) is 11.3 Å². The highest BCUT2D eigenvalue weighted by Gasteiger charge is 2.16. The average Bonchev–Trinajstić information content (AvgIpc) is 2.44. The molecule has 5 nitrogen and oxygen atoms in total. The summed E-state index contributed by atoms with van der Waals surface area (Å²) in [5, 5.41) is 10.2. The van der Waals surface area contributed by atoms with Crippen molar-refractivity contribution in [3.8, 4) is 5.75 Å². The summed E-state index contributed by atoms with van der Waals surface area (Å²) in [7, 11) is 0. The number of fused-ring (bicyclic) bond motifs is 1. The summed E-state index contributed by atoms with van der Waals surface area (Å²) in [6.45, 7) is 4.39. The zero-order valence-electron chi connectivity index (χ0n) is 10.7. The van der Waals surface area contributed by atoms with Gasteiger partial charge in [-0.05, 0) is 19.1 Å². The molecule has 0 atom stereocenters. The van der Waals surface area contributed by atoms with E-state index in [-0.39, 0.29) is 11.2 Å². The number of nitrogens with zero attached hydrogens (tertiary/aromatic N) is 1. The molecule has 0 spiro atoms. The van der Waals surface area contributed by atoms with Crippen LogP contribution in [0.4, 0.5) is 5.88 Å². The van der Waals surface area contributed by atoms with Gasteiger partial charge in [-0.1, -0.05) is 0 Å². The molecule has 3 rings (SSSR count). The van der Waals surface area contributed by atoms with Crippen LogP contribution < -0.4 is 10.3 Å². The van der Waals surface area contributed by atoms with E-state index in [4.69, 9.17) is 9.15 Å². The Labute approximate surface area is 110 Å². The predicted octanol–water partition coefficient (Wildman–Crippen LogP) is 1.64. The first kappa shape index (κ1) is 12.0. The monoisotopic (exact) mass is 261 g/mol. The van der Waals surface area contributed by atoms with Crippen LogP contribution in [0.3, 0.4) is 0 Å². The lowest BCUT2D eigenvalue weighted by Crippen LogP contribution is -2.36. The van der Waals surface area contributed by atoms with Gasteiger partial charge in [0.2, 0.25) is 0 Å². The van der Waals surface area contributed by atoms with Crippen molar-refractivity contribution in [3.05, 3.63) is 34.0 Å². The maximum absolute atomic E-state index is 12.1. The van der Waals surface area contributed by atoms with Gasteiger partial charge in [0.15, 0.2) is 11.3 Å². The third-order valence-electron chi connectivity index (χ3n) is 3.43. The molecule has 1 N–H and O–H groups in total. The van der Waals surface area contributed by atoms with Gasteiger partial charge >= 0.3 is 0 Å². The Morgan fingerprint density at radius 3 is 2.74 bits per heavy atom. The minimum absolute atomic E-state index is 0.0918. The average molecular weight is 261 g/mol. The smallest absolute Gasteiger partial charge is 0.200 e. The van der Waals surface area contributed by atoms with Crippen molar-refractivity contribution in [1.82, 2.24) is 0 Å². The molecule has 0 aliphatic carbocycles. The van der Waals surface area contributed by atoms with Gasteiger partial charge in [-0.15, -0.1) is 0 Å². The Bertz CT molecular complexity index is 671. The largest absolute Gasteiger partial charge is 0.508 e. The third kappa shape index (κ3) is 2.06. The zero-order valence-corrected chi connectivity index (χ0v) is 10.7. The first-order chi connectivity index (χ1) is 9.16. The Kier molecular flexibility index (Phi) is 2.91. The predicted molar refractivity (Wildman–Crippen MR) is 71.9 cm³/mol. The van der Waals surface area contributed by atoms with E-state index in [1.807, 2.05) is 4.90 Å². The Morgan fingerprint density at radius 2 is 2.00 bits per heavy atom. The van der Waals surface area contributed by atoms with Gasteiger partial charge < -0.3 is 19.2 Å². The molecular formula is C14H15NO4. The van der Waals surface area contributed by atoms with Crippen molar-refractivity contribution in [2.24, 2.45) is 0 Å². The maximum atomic E-state index is 12.1. The lowest BCUT2D eigenvalue weighted by molar-refractivity contribution is 0.121. The van der Waals surface area contributed by atoms with Crippen LogP contribution in [0.2, 0.25) is 0 Å². The summed E-state index contributed by atoms with van der Waals surface area (Å²) in [4.78, 5) is 14.1. The highest BCUT2D eigenvalue weighted by molar-refractivity contribution is 5.82. The number of anilines is 1. The van der Waals surface area contributed by atoms with E-state index in [0.29, 0.717) is 48.7 Å². The van der Waals surface area contributed by atoms with Gasteiger partial charge in [0, 0.05) is 24.7 Å². The van der Waals surface area contributed by atoms with Crippen LogP contribution >= 0.6 is 0 Å². The number of hydrogen-bond acceptors (Lipinski definition) is 5. The fraction of sp³-hybridized carbons (Fsp3) is 0.357. The van der Waals surface area contributed by atoms with Gasteiger partial charge in [0.05, 0.1) is 18.6 Å². The number of aromatic hydroxyl groups is 1. The fourth-order valence-corrected chi connectivity index (χ4v) is 2.27. The molecule has 100 valence electrons. The first-order valence-electron chi connectivity index (χ1n) is 6.26. The number of rotatable bonds is 1. The standard InChI is InChI=1S/C14H15NO4/c1-9-11(16)3-2-10-12(17)8-13(19-14(9)10)15-4-6-18-7-5-15/h2-3,8,16H,4-7H2,1H3. The topological polar surface area (TPSA) is 62.9 Å². The SMILES string of the molecule is Cc1c(O)ccc2c(=O)cc(N3CCOCC3)oc12. The van der Waals surface area contributed by atoms with E-state index in [0.717, 1.165) is 0 Å². The molecule has 0 amide bonds. The van der Waals surface area contributed by atoms with Crippen LogP contribution in [-0.2, 0) is 4.74 Å². The van der Waals surface area contributed by atoms with Crippen molar-refractivity contribution >= 4 is 16.9 Å². The number of morpholine rings is 1. The number of phenols is 1. The van der Waals surface area contributed by atoms with E-state index in [1.54, 1.807) is 13.0 Å². The van der Waals surface area contributed by atoms with Gasteiger partial charge in [-0.25, -0.2) is 0 Å². The van der Waals surface area contributed by atoms with Gasteiger partial charge in [-0.3, -0.25) is 4.79 Å². The van der Waals surface area contributed by atoms with Crippen LogP contribution in [-0.4, -0.2) is 31.4 Å². The highest BCUT2D eigenvalue weighted by atomic mass is 16.5. The highest BCUT2D eigenvalue weighted by Crippen LogP contribution is 2.27. The number of ether oxygens (including phenoxy) is 1. The first-order valence-corrected chi connectivity index (χ1v) is 6.26. The molecule has 2 aromatic rings. The summed E-state index contributed by atoms with van der Waals surface area (Å²) in [5.74, 6) is 0.671. The minimum atomic E-state index is -0.0918. The van der Waals surface area contributed by atoms with Crippen molar-refractivity contribution in [3.63, 3.8) is 0 Å². The number of hydrogen-bond donors (Lipinski definition) is 1. The van der Waals surface area contributed by atoms with E-state index in [1.165, 1.54) is 12.1 Å². The molecule has 0 radical (unpaired) electrons. The molecule has 0 saturated carbocycles. The molecule has 1 fully saturated rings. The van der Waals surface area contributed by atoms with E-state index < -0.39 is 0 Å². The lowest BCUT2D eigenvalue weighted by Gasteiger charge is -2.27. The number of phenolic OH excluding ortho intramolecular Hbond substituents is 1. The van der Waals surface area contributed by atoms with Crippen molar-refractivity contribution in [2.45, 2.75) is 6.92 Å². The molecule has 1 aromatic heterocycles. The molecule has 1 aliphatic heterocycles. The summed E-state index contributed by atoms with van der Waals surface area (Å²) in [5.41, 5.74) is 0.949. The molecule has 2 heterocycles. The van der Waals surface area contributed by atoms with Crippen molar-refractivity contribution in [1.29, 1.82) is 0 Å². The van der Waals surface area contributed by atoms with Crippen LogP contribution in [0, 0.1) is 6.92 Å². The quantitative estimate of drug-likeness (QED) is 0.845. The fourth-order valence-electron chi connectivity index (χ4n) is 2.27. The molecule has 1 aromatic carbocycles. The summed E-state index contributed by atoms with van der Waals surface area (Å²) < 4.78 is 11.1. The molecular weight excluding hydrogens is 246 g/mol. The molecule has 1 aliphatic rings. The maximum Gasteiger partial charge on any atom is 0.200 e. The van der Waals surface area contributed by atoms with Crippen LogP contribution in [0.25, 0.3) is 11.0 Å².